The smallest absolute Gasteiger partial charge is 0.108 e. The predicted molar refractivity (Wildman–Crippen MR) is 57.5 cm³/mol. The van der Waals surface area contributed by atoms with Gasteiger partial charge in [-0.25, -0.2) is 0 Å². The van der Waals surface area contributed by atoms with Crippen LogP contribution in [0.1, 0.15) is 12.5 Å². The van der Waals surface area contributed by atoms with Gasteiger partial charge in [0.2, 0.25) is 0 Å². The fourth-order valence-electron chi connectivity index (χ4n) is 1.15. The van der Waals surface area contributed by atoms with E-state index in [0.717, 1.165) is 5.56 Å². The Bertz CT molecular complexity index is 251. The summed E-state index contributed by atoms with van der Waals surface area (Å²) < 4.78 is 0. The number of nitrogens with two attached hydrogens (primary N) is 1. The zero-order valence-electron chi connectivity index (χ0n) is 8.48. The Kier molecular flexibility index (Phi) is 4.59. The first-order chi connectivity index (χ1) is 6.74. The summed E-state index contributed by atoms with van der Waals surface area (Å²) in [5.41, 5.74) is 6.60. The SMILES string of the molecule is CC(CN)C(O)NCc1ccccc1. The van der Waals surface area contributed by atoms with E-state index in [-0.39, 0.29) is 5.92 Å². The zero-order chi connectivity index (χ0) is 10.4. The molecule has 1 aromatic rings. The molecule has 1 aromatic carbocycles. The van der Waals surface area contributed by atoms with Gasteiger partial charge < -0.3 is 10.8 Å². The first kappa shape index (κ1) is 11.2. The van der Waals surface area contributed by atoms with Crippen LogP contribution in [0.2, 0.25) is 0 Å². The molecule has 0 radical (unpaired) electrons. The Morgan fingerprint density at radius 3 is 2.57 bits per heavy atom. The van der Waals surface area contributed by atoms with Gasteiger partial charge in [0.15, 0.2) is 0 Å². The Morgan fingerprint density at radius 2 is 2.00 bits per heavy atom. The molecule has 14 heavy (non-hydrogen) atoms. The van der Waals surface area contributed by atoms with E-state index >= 15 is 0 Å². The average molecular weight is 194 g/mol. The third-order valence-electron chi connectivity index (χ3n) is 2.27. The van der Waals surface area contributed by atoms with E-state index in [4.69, 9.17) is 5.73 Å². The molecule has 0 heterocycles. The second-order valence-corrected chi connectivity index (χ2v) is 3.52. The van der Waals surface area contributed by atoms with Crippen molar-refractivity contribution in [3.8, 4) is 0 Å². The Labute approximate surface area is 84.9 Å². The van der Waals surface area contributed by atoms with Crippen LogP contribution in [-0.4, -0.2) is 17.9 Å². The van der Waals surface area contributed by atoms with Crippen LogP contribution in [0, 0.1) is 5.92 Å². The van der Waals surface area contributed by atoms with Gasteiger partial charge in [0.05, 0.1) is 0 Å². The standard InChI is InChI=1S/C11H18N2O/c1-9(7-12)11(14)13-8-10-5-3-2-4-6-10/h2-6,9,11,13-14H,7-8,12H2,1H3. The van der Waals surface area contributed by atoms with Gasteiger partial charge in [0, 0.05) is 12.5 Å². The molecule has 0 saturated carbocycles. The molecule has 4 N–H and O–H groups in total. The lowest BCUT2D eigenvalue weighted by molar-refractivity contribution is 0.0845. The average Bonchev–Trinajstić information content (AvgIpc) is 2.26. The lowest BCUT2D eigenvalue weighted by Crippen LogP contribution is -2.37. The van der Waals surface area contributed by atoms with E-state index in [1.807, 2.05) is 37.3 Å². The minimum Gasteiger partial charge on any atom is -0.378 e. The van der Waals surface area contributed by atoms with Crippen LogP contribution in [0.15, 0.2) is 30.3 Å². The Morgan fingerprint density at radius 1 is 1.36 bits per heavy atom. The fraction of sp³-hybridized carbons (Fsp3) is 0.455. The van der Waals surface area contributed by atoms with Crippen molar-refractivity contribution in [2.24, 2.45) is 11.7 Å². The van der Waals surface area contributed by atoms with Crippen molar-refractivity contribution in [3.05, 3.63) is 35.9 Å². The highest BCUT2D eigenvalue weighted by Gasteiger charge is 2.10. The second kappa shape index (κ2) is 5.75. The Hall–Kier alpha value is -0.900. The quantitative estimate of drug-likeness (QED) is 0.604. The molecule has 0 aliphatic rings. The molecule has 2 atom stereocenters. The van der Waals surface area contributed by atoms with Crippen LogP contribution in [0.25, 0.3) is 0 Å². The van der Waals surface area contributed by atoms with Crippen LogP contribution in [0.5, 0.6) is 0 Å². The molecule has 0 amide bonds. The molecule has 2 unspecified atom stereocenters. The number of hydrogen-bond donors (Lipinski definition) is 3. The number of benzene rings is 1. The van der Waals surface area contributed by atoms with Gasteiger partial charge in [-0.05, 0) is 12.1 Å². The van der Waals surface area contributed by atoms with Gasteiger partial charge in [-0.15, -0.1) is 0 Å². The van der Waals surface area contributed by atoms with Crippen molar-refractivity contribution in [1.29, 1.82) is 0 Å². The molecule has 78 valence electrons. The van der Waals surface area contributed by atoms with Gasteiger partial charge in [-0.1, -0.05) is 37.3 Å². The summed E-state index contributed by atoms with van der Waals surface area (Å²) in [6.07, 6.45) is -0.528. The minimum absolute atomic E-state index is 0.0821. The first-order valence-electron chi connectivity index (χ1n) is 4.89. The molecule has 0 aliphatic heterocycles. The Balaban J connectivity index is 2.34. The van der Waals surface area contributed by atoms with Crippen LogP contribution >= 0.6 is 0 Å². The summed E-state index contributed by atoms with van der Waals surface area (Å²) >= 11 is 0. The van der Waals surface area contributed by atoms with Crippen molar-refractivity contribution >= 4 is 0 Å². The molecule has 0 aliphatic carbocycles. The fourth-order valence-corrected chi connectivity index (χ4v) is 1.15. The molecule has 0 fully saturated rings. The highest BCUT2D eigenvalue weighted by molar-refractivity contribution is 5.14. The summed E-state index contributed by atoms with van der Waals surface area (Å²) in [7, 11) is 0. The highest BCUT2D eigenvalue weighted by atomic mass is 16.3. The maximum absolute atomic E-state index is 9.59. The molecule has 3 heteroatoms. The third-order valence-corrected chi connectivity index (χ3v) is 2.27. The molecular weight excluding hydrogens is 176 g/mol. The first-order valence-corrected chi connectivity index (χ1v) is 4.89. The van der Waals surface area contributed by atoms with Crippen LogP contribution < -0.4 is 11.1 Å². The van der Waals surface area contributed by atoms with Gasteiger partial charge in [0.1, 0.15) is 6.23 Å². The van der Waals surface area contributed by atoms with Gasteiger partial charge in [0.25, 0.3) is 0 Å². The molecule has 3 nitrogen and oxygen atoms in total. The van der Waals surface area contributed by atoms with Crippen molar-refractivity contribution in [3.63, 3.8) is 0 Å². The molecule has 1 rings (SSSR count). The van der Waals surface area contributed by atoms with Crippen molar-refractivity contribution in [2.75, 3.05) is 6.54 Å². The summed E-state index contributed by atoms with van der Waals surface area (Å²) in [6.45, 7) is 3.08. The van der Waals surface area contributed by atoms with Crippen LogP contribution in [-0.2, 0) is 6.54 Å². The second-order valence-electron chi connectivity index (χ2n) is 3.52. The number of hydrogen-bond acceptors (Lipinski definition) is 3. The van der Waals surface area contributed by atoms with Crippen LogP contribution in [0.4, 0.5) is 0 Å². The maximum atomic E-state index is 9.59. The normalized spacial score (nSPS) is 15.1. The predicted octanol–water partition coefficient (Wildman–Crippen LogP) is 0.689. The highest BCUT2D eigenvalue weighted by Crippen LogP contribution is 2.01. The van der Waals surface area contributed by atoms with E-state index in [9.17, 15) is 5.11 Å². The summed E-state index contributed by atoms with van der Waals surface area (Å²) in [6, 6.07) is 9.98. The number of aliphatic hydroxyl groups is 1. The van der Waals surface area contributed by atoms with Crippen molar-refractivity contribution in [2.45, 2.75) is 19.7 Å². The van der Waals surface area contributed by atoms with Gasteiger partial charge >= 0.3 is 0 Å². The van der Waals surface area contributed by atoms with E-state index < -0.39 is 6.23 Å². The summed E-state index contributed by atoms with van der Waals surface area (Å²) in [5, 5.41) is 12.6. The maximum Gasteiger partial charge on any atom is 0.108 e. The summed E-state index contributed by atoms with van der Waals surface area (Å²) in [4.78, 5) is 0. The monoisotopic (exact) mass is 194 g/mol. The zero-order valence-corrected chi connectivity index (χ0v) is 8.48. The van der Waals surface area contributed by atoms with Crippen LogP contribution in [0.3, 0.4) is 0 Å². The molecular formula is C11H18N2O. The third kappa shape index (κ3) is 3.46. The van der Waals surface area contributed by atoms with E-state index in [2.05, 4.69) is 5.32 Å². The van der Waals surface area contributed by atoms with Gasteiger partial charge in [-0.3, -0.25) is 5.32 Å². The molecule has 0 bridgehead atoms. The van der Waals surface area contributed by atoms with Crippen molar-refractivity contribution < 1.29 is 5.11 Å². The summed E-state index contributed by atoms with van der Waals surface area (Å²) in [5.74, 6) is 0.0821. The molecule has 0 saturated heterocycles. The number of rotatable bonds is 5. The number of aliphatic hydroxyl groups excluding tert-OH is 1. The topological polar surface area (TPSA) is 58.3 Å². The van der Waals surface area contributed by atoms with E-state index in [0.29, 0.717) is 13.1 Å². The van der Waals surface area contributed by atoms with E-state index in [1.54, 1.807) is 0 Å². The molecule has 0 spiro atoms. The van der Waals surface area contributed by atoms with Crippen molar-refractivity contribution in [1.82, 2.24) is 5.32 Å². The van der Waals surface area contributed by atoms with E-state index in [1.165, 1.54) is 0 Å². The number of nitrogens with one attached hydrogen (secondary N) is 1. The molecule has 0 aromatic heterocycles. The lowest BCUT2D eigenvalue weighted by Gasteiger charge is -2.18. The van der Waals surface area contributed by atoms with Gasteiger partial charge in [-0.2, -0.15) is 0 Å². The lowest BCUT2D eigenvalue weighted by atomic mass is 10.1. The largest absolute Gasteiger partial charge is 0.378 e. The minimum atomic E-state index is -0.528.